The summed E-state index contributed by atoms with van der Waals surface area (Å²) in [7, 11) is 0. The Morgan fingerprint density at radius 3 is 2.50 bits per heavy atom. The molecule has 0 heterocycles. The number of rotatable bonds is 1. The molecule has 0 spiro atoms. The second kappa shape index (κ2) is 3.81. The van der Waals surface area contributed by atoms with Crippen LogP contribution in [0.5, 0.6) is 0 Å². The van der Waals surface area contributed by atoms with Gasteiger partial charge < -0.3 is 0 Å². The first kappa shape index (κ1) is 10.7. The first-order valence-corrected chi connectivity index (χ1v) is 6.01. The lowest BCUT2D eigenvalue weighted by molar-refractivity contribution is 0.104. The van der Waals surface area contributed by atoms with E-state index in [1.54, 1.807) is 6.92 Å². The maximum absolute atomic E-state index is 13.7. The highest BCUT2D eigenvalue weighted by atomic mass is 127. The summed E-state index contributed by atoms with van der Waals surface area (Å²) in [6.45, 7) is 6.24. The SMILES string of the molecule is CC(C)[C@H]1CC[C@@](C)(F)[C@H](I)C1. The van der Waals surface area contributed by atoms with Crippen LogP contribution in [0.4, 0.5) is 4.39 Å². The van der Waals surface area contributed by atoms with Gasteiger partial charge in [0.15, 0.2) is 0 Å². The highest BCUT2D eigenvalue weighted by Crippen LogP contribution is 2.41. The van der Waals surface area contributed by atoms with E-state index in [0.29, 0.717) is 0 Å². The second-order valence-electron chi connectivity index (χ2n) is 4.52. The highest BCUT2D eigenvalue weighted by Gasteiger charge is 2.39. The predicted molar refractivity (Wildman–Crippen MR) is 59.5 cm³/mol. The summed E-state index contributed by atoms with van der Waals surface area (Å²) in [6, 6.07) is 0. The van der Waals surface area contributed by atoms with Gasteiger partial charge >= 0.3 is 0 Å². The maximum Gasteiger partial charge on any atom is 0.120 e. The maximum atomic E-state index is 13.7. The normalized spacial score (nSPS) is 43.5. The van der Waals surface area contributed by atoms with Crippen LogP contribution in [0.2, 0.25) is 0 Å². The van der Waals surface area contributed by atoms with Crippen molar-refractivity contribution in [3.05, 3.63) is 0 Å². The van der Waals surface area contributed by atoms with E-state index in [1.807, 2.05) is 0 Å². The first-order valence-electron chi connectivity index (χ1n) is 4.76. The fraction of sp³-hybridized carbons (Fsp3) is 1.00. The van der Waals surface area contributed by atoms with Gasteiger partial charge in [-0.2, -0.15) is 0 Å². The third kappa shape index (κ3) is 2.33. The minimum absolute atomic E-state index is 0.219. The highest BCUT2D eigenvalue weighted by molar-refractivity contribution is 14.1. The zero-order valence-corrected chi connectivity index (χ0v) is 10.3. The van der Waals surface area contributed by atoms with E-state index in [0.717, 1.165) is 31.1 Å². The Bertz CT molecular complexity index is 154. The summed E-state index contributed by atoms with van der Waals surface area (Å²) in [4.78, 5) is 0. The van der Waals surface area contributed by atoms with Crippen LogP contribution in [-0.4, -0.2) is 9.59 Å². The van der Waals surface area contributed by atoms with Crippen molar-refractivity contribution in [1.82, 2.24) is 0 Å². The van der Waals surface area contributed by atoms with E-state index in [2.05, 4.69) is 36.4 Å². The molecule has 1 fully saturated rings. The molecule has 72 valence electrons. The summed E-state index contributed by atoms with van der Waals surface area (Å²) >= 11 is 2.27. The van der Waals surface area contributed by atoms with Crippen molar-refractivity contribution >= 4 is 22.6 Å². The molecule has 12 heavy (non-hydrogen) atoms. The molecule has 0 nitrogen and oxygen atoms in total. The lowest BCUT2D eigenvalue weighted by Crippen LogP contribution is -2.38. The Morgan fingerprint density at radius 1 is 1.50 bits per heavy atom. The van der Waals surface area contributed by atoms with Gasteiger partial charge in [0.2, 0.25) is 0 Å². The molecule has 0 amide bonds. The molecule has 1 aliphatic carbocycles. The second-order valence-corrected chi connectivity index (χ2v) is 6.03. The molecule has 0 aliphatic heterocycles. The lowest BCUT2D eigenvalue weighted by atomic mass is 9.76. The van der Waals surface area contributed by atoms with Crippen LogP contribution < -0.4 is 0 Å². The summed E-state index contributed by atoms with van der Waals surface area (Å²) in [5.41, 5.74) is -0.911. The van der Waals surface area contributed by atoms with E-state index >= 15 is 0 Å². The van der Waals surface area contributed by atoms with E-state index in [4.69, 9.17) is 0 Å². The zero-order chi connectivity index (χ0) is 9.35. The smallest absolute Gasteiger partial charge is 0.120 e. The molecule has 0 radical (unpaired) electrons. The van der Waals surface area contributed by atoms with E-state index in [9.17, 15) is 4.39 Å². The van der Waals surface area contributed by atoms with Gasteiger partial charge in [0, 0.05) is 3.92 Å². The quantitative estimate of drug-likeness (QED) is 0.505. The molecular weight excluding hydrogens is 266 g/mol. The monoisotopic (exact) mass is 284 g/mol. The Hall–Kier alpha value is 0.660. The van der Waals surface area contributed by atoms with Crippen LogP contribution in [0.3, 0.4) is 0 Å². The molecule has 0 aromatic carbocycles. The fourth-order valence-corrected chi connectivity index (χ4v) is 2.82. The van der Waals surface area contributed by atoms with Gasteiger partial charge in [-0.05, 0) is 38.0 Å². The molecule has 0 aromatic rings. The zero-order valence-electron chi connectivity index (χ0n) is 8.11. The van der Waals surface area contributed by atoms with Crippen molar-refractivity contribution < 1.29 is 4.39 Å². The Labute approximate surface area is 88.4 Å². The van der Waals surface area contributed by atoms with Crippen molar-refractivity contribution in [3.8, 4) is 0 Å². The molecule has 1 aliphatic rings. The van der Waals surface area contributed by atoms with Gasteiger partial charge in [-0.3, -0.25) is 0 Å². The average molecular weight is 284 g/mol. The third-order valence-electron chi connectivity index (χ3n) is 3.11. The molecule has 0 unspecified atom stereocenters. The number of hydrogen-bond donors (Lipinski definition) is 0. The average Bonchev–Trinajstić information content (AvgIpc) is 1.94. The van der Waals surface area contributed by atoms with Gasteiger partial charge in [-0.25, -0.2) is 4.39 Å². The number of alkyl halides is 2. The van der Waals surface area contributed by atoms with Gasteiger partial charge in [-0.15, -0.1) is 0 Å². The summed E-state index contributed by atoms with van der Waals surface area (Å²) in [6.07, 6.45) is 2.89. The van der Waals surface area contributed by atoms with Crippen LogP contribution in [0.1, 0.15) is 40.0 Å². The molecule has 0 aromatic heterocycles. The Balaban J connectivity index is 2.52. The van der Waals surface area contributed by atoms with Crippen LogP contribution in [0.15, 0.2) is 0 Å². The standard InChI is InChI=1S/C10H18FI/c1-7(2)8-4-5-10(3,11)9(12)6-8/h7-9H,4-6H2,1-3H3/t8-,9+,10+/m0/s1. The van der Waals surface area contributed by atoms with Crippen LogP contribution in [0, 0.1) is 11.8 Å². The lowest BCUT2D eigenvalue weighted by Gasteiger charge is -2.37. The van der Waals surface area contributed by atoms with E-state index in [1.165, 1.54) is 0 Å². The minimum Gasteiger partial charge on any atom is -0.243 e. The van der Waals surface area contributed by atoms with Crippen LogP contribution in [-0.2, 0) is 0 Å². The number of halogens is 2. The predicted octanol–water partition coefficient (Wildman–Crippen LogP) is 3.97. The van der Waals surface area contributed by atoms with Crippen molar-refractivity contribution in [3.63, 3.8) is 0 Å². The minimum atomic E-state index is -0.911. The first-order chi connectivity index (χ1) is 5.43. The summed E-state index contributed by atoms with van der Waals surface area (Å²) in [5, 5.41) is 0. The van der Waals surface area contributed by atoms with Gasteiger partial charge in [0.25, 0.3) is 0 Å². The van der Waals surface area contributed by atoms with Crippen molar-refractivity contribution in [1.29, 1.82) is 0 Å². The van der Waals surface area contributed by atoms with Gasteiger partial charge in [-0.1, -0.05) is 36.4 Å². The Kier molecular flexibility index (Phi) is 3.41. The molecular formula is C10H18FI. The molecule has 1 saturated carbocycles. The molecule has 2 heteroatoms. The number of hydrogen-bond acceptors (Lipinski definition) is 0. The largest absolute Gasteiger partial charge is 0.243 e. The van der Waals surface area contributed by atoms with Crippen LogP contribution >= 0.6 is 22.6 Å². The van der Waals surface area contributed by atoms with Crippen molar-refractivity contribution in [2.75, 3.05) is 0 Å². The van der Waals surface area contributed by atoms with E-state index < -0.39 is 5.67 Å². The molecule has 0 N–H and O–H groups in total. The molecule has 1 rings (SSSR count). The molecule has 0 saturated heterocycles. The molecule has 0 bridgehead atoms. The Morgan fingerprint density at radius 2 is 2.08 bits per heavy atom. The fourth-order valence-electron chi connectivity index (χ4n) is 1.86. The topological polar surface area (TPSA) is 0 Å². The van der Waals surface area contributed by atoms with Crippen LogP contribution in [0.25, 0.3) is 0 Å². The van der Waals surface area contributed by atoms with Crippen molar-refractivity contribution in [2.24, 2.45) is 11.8 Å². The van der Waals surface area contributed by atoms with Gasteiger partial charge in [0.05, 0.1) is 0 Å². The summed E-state index contributed by atoms with van der Waals surface area (Å²) in [5.74, 6) is 1.47. The van der Waals surface area contributed by atoms with Crippen molar-refractivity contribution in [2.45, 2.75) is 49.6 Å². The summed E-state index contributed by atoms with van der Waals surface area (Å²) < 4.78 is 13.9. The van der Waals surface area contributed by atoms with E-state index in [-0.39, 0.29) is 3.92 Å². The van der Waals surface area contributed by atoms with Gasteiger partial charge in [0.1, 0.15) is 5.67 Å². The third-order valence-corrected chi connectivity index (χ3v) is 4.92. The molecule has 3 atom stereocenters.